The third kappa shape index (κ3) is 4.28. The highest BCUT2D eigenvalue weighted by Gasteiger charge is 2.25. The van der Waals surface area contributed by atoms with Crippen LogP contribution in [-0.4, -0.2) is 35.8 Å². The Balaban J connectivity index is 1.55. The topological polar surface area (TPSA) is 49.4 Å². The van der Waals surface area contributed by atoms with E-state index in [2.05, 4.69) is 21.2 Å². The number of carbonyl (C=O) groups is 2. The molecule has 25 heavy (non-hydrogen) atoms. The summed E-state index contributed by atoms with van der Waals surface area (Å²) < 4.78 is 0.960. The van der Waals surface area contributed by atoms with Crippen molar-refractivity contribution in [1.82, 2.24) is 10.2 Å². The largest absolute Gasteiger partial charge is 0.349 e. The van der Waals surface area contributed by atoms with E-state index in [0.717, 1.165) is 28.4 Å². The zero-order chi connectivity index (χ0) is 17.8. The molecule has 130 valence electrons. The van der Waals surface area contributed by atoms with E-state index in [9.17, 15) is 9.59 Å². The van der Waals surface area contributed by atoms with Crippen LogP contribution in [0.1, 0.15) is 39.1 Å². The van der Waals surface area contributed by atoms with Crippen LogP contribution >= 0.6 is 15.9 Å². The molecule has 1 heterocycles. The maximum Gasteiger partial charge on any atom is 0.253 e. The molecule has 0 saturated carbocycles. The van der Waals surface area contributed by atoms with Crippen molar-refractivity contribution in [2.45, 2.75) is 25.8 Å². The molecule has 1 aliphatic rings. The molecular formula is C20H21BrN2O2. The number of amides is 2. The van der Waals surface area contributed by atoms with Crippen molar-refractivity contribution in [3.05, 3.63) is 69.7 Å². The van der Waals surface area contributed by atoms with Crippen molar-refractivity contribution in [3.63, 3.8) is 0 Å². The van der Waals surface area contributed by atoms with Gasteiger partial charge in [0.15, 0.2) is 0 Å². The third-order valence-corrected chi connectivity index (χ3v) is 5.13. The molecule has 0 aromatic heterocycles. The summed E-state index contributed by atoms with van der Waals surface area (Å²) in [6.45, 7) is 3.26. The van der Waals surface area contributed by atoms with Crippen LogP contribution in [0, 0.1) is 6.92 Å². The van der Waals surface area contributed by atoms with Gasteiger partial charge in [-0.25, -0.2) is 0 Å². The van der Waals surface area contributed by atoms with E-state index in [-0.39, 0.29) is 17.9 Å². The van der Waals surface area contributed by atoms with Crippen LogP contribution in [0.3, 0.4) is 0 Å². The zero-order valence-corrected chi connectivity index (χ0v) is 15.8. The Hall–Kier alpha value is -2.14. The summed E-state index contributed by atoms with van der Waals surface area (Å²) in [4.78, 5) is 26.8. The summed E-state index contributed by atoms with van der Waals surface area (Å²) in [7, 11) is 0. The predicted octanol–water partition coefficient (Wildman–Crippen LogP) is 3.79. The van der Waals surface area contributed by atoms with Gasteiger partial charge in [0.05, 0.1) is 0 Å². The fraction of sp³-hybridized carbons (Fsp3) is 0.300. The lowest BCUT2D eigenvalue weighted by Crippen LogP contribution is -2.46. The number of carbonyl (C=O) groups excluding carboxylic acids is 2. The number of nitrogens with zero attached hydrogens (tertiary/aromatic N) is 1. The molecule has 1 aliphatic heterocycles. The lowest BCUT2D eigenvalue weighted by atomic mass is 10.0. The number of hydrogen-bond acceptors (Lipinski definition) is 2. The van der Waals surface area contributed by atoms with Crippen LogP contribution in [0.5, 0.6) is 0 Å². The second-order valence-corrected chi connectivity index (χ2v) is 7.28. The number of aryl methyl sites for hydroxylation is 1. The highest BCUT2D eigenvalue weighted by atomic mass is 79.9. The summed E-state index contributed by atoms with van der Waals surface area (Å²) in [6.07, 6.45) is 1.56. The first-order valence-corrected chi connectivity index (χ1v) is 9.25. The molecule has 0 atom stereocenters. The summed E-state index contributed by atoms with van der Waals surface area (Å²) in [5, 5.41) is 3.10. The Bertz CT molecular complexity index is 766. The number of likely N-dealkylation sites (tertiary alicyclic amines) is 1. The van der Waals surface area contributed by atoms with Crippen LogP contribution < -0.4 is 5.32 Å². The average Bonchev–Trinajstić information content (AvgIpc) is 2.63. The molecule has 0 spiro atoms. The van der Waals surface area contributed by atoms with Crippen molar-refractivity contribution >= 4 is 27.7 Å². The van der Waals surface area contributed by atoms with E-state index in [0.29, 0.717) is 18.7 Å². The minimum Gasteiger partial charge on any atom is -0.349 e. The number of piperidine rings is 1. The predicted molar refractivity (Wildman–Crippen MR) is 102 cm³/mol. The highest BCUT2D eigenvalue weighted by Crippen LogP contribution is 2.17. The molecule has 3 rings (SSSR count). The third-order valence-electron chi connectivity index (χ3n) is 4.60. The van der Waals surface area contributed by atoms with Crippen molar-refractivity contribution in [2.24, 2.45) is 0 Å². The van der Waals surface area contributed by atoms with E-state index in [1.807, 2.05) is 60.4 Å². The first-order valence-electron chi connectivity index (χ1n) is 8.46. The van der Waals surface area contributed by atoms with Gasteiger partial charge in [0.1, 0.15) is 0 Å². The fourth-order valence-corrected chi connectivity index (χ4v) is 3.36. The molecule has 2 aromatic carbocycles. The number of benzene rings is 2. The van der Waals surface area contributed by atoms with Gasteiger partial charge in [-0.2, -0.15) is 0 Å². The van der Waals surface area contributed by atoms with Crippen LogP contribution in [0.25, 0.3) is 0 Å². The van der Waals surface area contributed by atoms with Gasteiger partial charge < -0.3 is 10.2 Å². The lowest BCUT2D eigenvalue weighted by Gasteiger charge is -2.32. The van der Waals surface area contributed by atoms with Crippen LogP contribution in [0.2, 0.25) is 0 Å². The molecule has 4 nitrogen and oxygen atoms in total. The number of rotatable bonds is 3. The number of hydrogen-bond donors (Lipinski definition) is 1. The van der Waals surface area contributed by atoms with E-state index in [1.165, 1.54) is 0 Å². The van der Waals surface area contributed by atoms with Crippen LogP contribution in [0.4, 0.5) is 0 Å². The number of nitrogens with one attached hydrogen (secondary N) is 1. The quantitative estimate of drug-likeness (QED) is 0.851. The van der Waals surface area contributed by atoms with Gasteiger partial charge in [-0.3, -0.25) is 9.59 Å². The van der Waals surface area contributed by atoms with Crippen molar-refractivity contribution < 1.29 is 9.59 Å². The summed E-state index contributed by atoms with van der Waals surface area (Å²) in [6, 6.07) is 15.1. The maximum atomic E-state index is 12.5. The van der Waals surface area contributed by atoms with E-state index in [1.54, 1.807) is 0 Å². The molecule has 0 bridgehead atoms. The SMILES string of the molecule is Cc1ccccc1C(=O)NC1CCN(C(=O)c2ccc(Br)cc2)CC1. The monoisotopic (exact) mass is 400 g/mol. The summed E-state index contributed by atoms with van der Waals surface area (Å²) in [5.74, 6) is 0.0203. The molecular weight excluding hydrogens is 380 g/mol. The standard InChI is InChI=1S/C20H21BrN2O2/c1-14-4-2-3-5-18(14)19(24)22-17-10-12-23(13-11-17)20(25)15-6-8-16(21)9-7-15/h2-9,17H,10-13H2,1H3,(H,22,24). The van der Waals surface area contributed by atoms with E-state index >= 15 is 0 Å². The molecule has 0 aliphatic carbocycles. The first-order chi connectivity index (χ1) is 12.0. The van der Waals surface area contributed by atoms with Crippen molar-refractivity contribution in [2.75, 3.05) is 13.1 Å². The smallest absolute Gasteiger partial charge is 0.253 e. The molecule has 1 fully saturated rings. The van der Waals surface area contributed by atoms with Gasteiger partial charge in [-0.1, -0.05) is 34.1 Å². The molecule has 0 radical (unpaired) electrons. The Morgan fingerprint density at radius 3 is 2.32 bits per heavy atom. The minimum atomic E-state index is -0.0317. The van der Waals surface area contributed by atoms with Gasteiger partial charge >= 0.3 is 0 Å². The molecule has 1 saturated heterocycles. The van der Waals surface area contributed by atoms with Gasteiger partial charge in [-0.15, -0.1) is 0 Å². The van der Waals surface area contributed by atoms with Gasteiger partial charge in [-0.05, 0) is 55.7 Å². The molecule has 5 heteroatoms. The van der Waals surface area contributed by atoms with Crippen molar-refractivity contribution in [3.8, 4) is 0 Å². The Kier molecular flexibility index (Phi) is 5.53. The van der Waals surface area contributed by atoms with E-state index < -0.39 is 0 Å². The minimum absolute atomic E-state index is 0.0317. The maximum absolute atomic E-state index is 12.5. The van der Waals surface area contributed by atoms with Gasteiger partial charge in [0, 0.05) is 34.7 Å². The summed E-state index contributed by atoms with van der Waals surface area (Å²) in [5.41, 5.74) is 2.39. The Morgan fingerprint density at radius 2 is 1.68 bits per heavy atom. The summed E-state index contributed by atoms with van der Waals surface area (Å²) >= 11 is 3.38. The van der Waals surface area contributed by atoms with Crippen LogP contribution in [-0.2, 0) is 0 Å². The second-order valence-electron chi connectivity index (χ2n) is 6.36. The van der Waals surface area contributed by atoms with Gasteiger partial charge in [0.25, 0.3) is 11.8 Å². The lowest BCUT2D eigenvalue weighted by molar-refractivity contribution is 0.0698. The number of halogens is 1. The first kappa shape index (κ1) is 17.7. The van der Waals surface area contributed by atoms with Gasteiger partial charge in [0.2, 0.25) is 0 Å². The fourth-order valence-electron chi connectivity index (χ4n) is 3.09. The average molecular weight is 401 g/mol. The van der Waals surface area contributed by atoms with Crippen LogP contribution in [0.15, 0.2) is 53.0 Å². The zero-order valence-electron chi connectivity index (χ0n) is 14.2. The second kappa shape index (κ2) is 7.83. The highest BCUT2D eigenvalue weighted by molar-refractivity contribution is 9.10. The van der Waals surface area contributed by atoms with E-state index in [4.69, 9.17) is 0 Å². The normalized spacial score (nSPS) is 15.0. The Labute approximate surface area is 156 Å². The molecule has 0 unspecified atom stereocenters. The molecule has 1 N–H and O–H groups in total. The van der Waals surface area contributed by atoms with Crippen molar-refractivity contribution in [1.29, 1.82) is 0 Å². The molecule has 2 amide bonds. The molecule has 2 aromatic rings. The Morgan fingerprint density at radius 1 is 1.04 bits per heavy atom.